The van der Waals surface area contributed by atoms with E-state index in [1.165, 1.54) is 22.6 Å². The van der Waals surface area contributed by atoms with Crippen molar-refractivity contribution in [2.24, 2.45) is 0 Å². The van der Waals surface area contributed by atoms with Gasteiger partial charge in [0.15, 0.2) is 0 Å². The van der Waals surface area contributed by atoms with Crippen molar-refractivity contribution in [3.63, 3.8) is 0 Å². The van der Waals surface area contributed by atoms with Crippen molar-refractivity contribution >= 4 is 17.2 Å². The molecule has 0 bridgehead atoms. The Morgan fingerprint density at radius 3 is 2.62 bits per heavy atom. The van der Waals surface area contributed by atoms with Crippen molar-refractivity contribution in [3.05, 3.63) is 70.8 Å². The van der Waals surface area contributed by atoms with Crippen molar-refractivity contribution in [1.82, 2.24) is 14.3 Å². The number of fused-ring (bicyclic) bond motifs is 1. The van der Waals surface area contributed by atoms with E-state index in [1.54, 1.807) is 36.3 Å². The number of aromatic nitrogens is 2. The Morgan fingerprint density at radius 1 is 1.21 bits per heavy atom. The summed E-state index contributed by atoms with van der Waals surface area (Å²) in [6.07, 6.45) is -3.15. The summed E-state index contributed by atoms with van der Waals surface area (Å²) >= 11 is 0. The fraction of sp³-hybridized carbons (Fsp3) is 0.211. The molecule has 2 heterocycles. The summed E-state index contributed by atoms with van der Waals surface area (Å²) in [4.78, 5) is 30.3. The molecule has 0 spiro atoms. The number of hydrogen-bond donors (Lipinski definition) is 1. The van der Waals surface area contributed by atoms with E-state index >= 15 is 0 Å². The van der Waals surface area contributed by atoms with Crippen LogP contribution in [0.1, 0.15) is 5.69 Å². The molecule has 1 amide bonds. The first-order valence-corrected chi connectivity index (χ1v) is 8.51. The van der Waals surface area contributed by atoms with Crippen LogP contribution >= 0.6 is 0 Å². The fourth-order valence-electron chi connectivity index (χ4n) is 2.70. The highest BCUT2D eigenvalue weighted by Gasteiger charge is 2.30. The van der Waals surface area contributed by atoms with E-state index in [2.05, 4.69) is 15.0 Å². The molecule has 10 heteroatoms. The third-order valence-corrected chi connectivity index (χ3v) is 3.84. The Kier molecular flexibility index (Phi) is 5.83. The standard InChI is InChI=1S/C19H17F3N4O3/c1-25(11-14-10-18(28)26-9-3-2-4-16(26)23-14)12-17(27)24-13-5-7-15(8-6-13)29-19(20,21)22/h2-10H,11-12H2,1H3,(H,24,27). The SMILES string of the molecule is CN(CC(=O)Nc1ccc(OC(F)(F)F)cc1)Cc1cc(=O)n2ccccc2n1. The number of anilines is 1. The molecule has 152 valence electrons. The Bertz CT molecular complexity index is 1060. The Labute approximate surface area is 163 Å². The molecule has 0 saturated heterocycles. The number of likely N-dealkylation sites (N-methyl/N-ethyl adjacent to an activating group) is 1. The number of nitrogens with zero attached hydrogens (tertiary/aromatic N) is 3. The van der Waals surface area contributed by atoms with Crippen molar-refractivity contribution in [1.29, 1.82) is 0 Å². The zero-order chi connectivity index (χ0) is 21.0. The topological polar surface area (TPSA) is 75.9 Å². The Hall–Kier alpha value is -3.40. The average Bonchev–Trinajstić information content (AvgIpc) is 2.62. The molecular weight excluding hydrogens is 389 g/mol. The minimum absolute atomic E-state index is 0.00333. The normalized spacial score (nSPS) is 11.6. The van der Waals surface area contributed by atoms with Gasteiger partial charge in [0.1, 0.15) is 11.4 Å². The largest absolute Gasteiger partial charge is 0.573 e. The average molecular weight is 406 g/mol. The van der Waals surface area contributed by atoms with Gasteiger partial charge >= 0.3 is 6.36 Å². The molecule has 0 radical (unpaired) electrons. The van der Waals surface area contributed by atoms with Crippen LogP contribution in [0, 0.1) is 0 Å². The monoisotopic (exact) mass is 406 g/mol. The van der Waals surface area contributed by atoms with Crippen molar-refractivity contribution in [2.75, 3.05) is 18.9 Å². The number of amides is 1. The Morgan fingerprint density at radius 2 is 1.93 bits per heavy atom. The summed E-state index contributed by atoms with van der Waals surface area (Å²) in [5.41, 5.74) is 1.14. The van der Waals surface area contributed by atoms with E-state index in [-0.39, 0.29) is 30.3 Å². The molecular formula is C19H17F3N4O3. The number of benzene rings is 1. The molecule has 29 heavy (non-hydrogen) atoms. The first kappa shape index (κ1) is 20.3. The van der Waals surface area contributed by atoms with Gasteiger partial charge in [-0.3, -0.25) is 18.9 Å². The highest BCUT2D eigenvalue weighted by molar-refractivity contribution is 5.92. The second-order valence-corrected chi connectivity index (χ2v) is 6.31. The van der Waals surface area contributed by atoms with Crippen molar-refractivity contribution in [2.45, 2.75) is 12.9 Å². The summed E-state index contributed by atoms with van der Waals surface area (Å²) < 4.78 is 41.7. The number of pyridine rings is 1. The van der Waals surface area contributed by atoms with Gasteiger partial charge in [-0.25, -0.2) is 4.98 Å². The van der Waals surface area contributed by atoms with Crippen LogP contribution in [0.15, 0.2) is 59.5 Å². The highest BCUT2D eigenvalue weighted by atomic mass is 19.4. The predicted octanol–water partition coefficient (Wildman–Crippen LogP) is 2.66. The summed E-state index contributed by atoms with van der Waals surface area (Å²) in [5.74, 6) is -0.740. The molecule has 1 aromatic carbocycles. The molecule has 3 aromatic rings. The lowest BCUT2D eigenvalue weighted by atomic mass is 10.3. The van der Waals surface area contributed by atoms with Crippen molar-refractivity contribution < 1.29 is 22.7 Å². The van der Waals surface area contributed by atoms with Gasteiger partial charge in [-0.2, -0.15) is 0 Å². The number of carbonyl (C=O) groups is 1. The van der Waals surface area contributed by atoms with Gasteiger partial charge in [-0.15, -0.1) is 13.2 Å². The third kappa shape index (κ3) is 5.79. The van der Waals surface area contributed by atoms with Crippen LogP contribution in [-0.4, -0.2) is 40.1 Å². The number of ether oxygens (including phenoxy) is 1. The molecule has 0 aliphatic heterocycles. The number of halogens is 3. The lowest BCUT2D eigenvalue weighted by Crippen LogP contribution is -2.30. The van der Waals surface area contributed by atoms with Gasteiger partial charge in [0.2, 0.25) is 5.91 Å². The molecule has 1 N–H and O–H groups in total. The number of nitrogens with one attached hydrogen (secondary N) is 1. The number of rotatable bonds is 6. The molecule has 3 rings (SSSR count). The van der Waals surface area contributed by atoms with Crippen LogP contribution in [0.25, 0.3) is 5.65 Å². The zero-order valence-electron chi connectivity index (χ0n) is 15.3. The minimum atomic E-state index is -4.77. The van der Waals surface area contributed by atoms with Gasteiger partial charge < -0.3 is 10.1 Å². The fourth-order valence-corrected chi connectivity index (χ4v) is 2.70. The lowest BCUT2D eigenvalue weighted by molar-refractivity contribution is -0.274. The van der Waals surface area contributed by atoms with E-state index in [1.807, 2.05) is 0 Å². The highest BCUT2D eigenvalue weighted by Crippen LogP contribution is 2.23. The molecule has 0 atom stereocenters. The van der Waals surface area contributed by atoms with E-state index in [9.17, 15) is 22.8 Å². The maximum atomic E-state index is 12.2. The van der Waals surface area contributed by atoms with Crippen molar-refractivity contribution in [3.8, 4) is 5.75 Å². The van der Waals surface area contributed by atoms with Gasteiger partial charge in [0.05, 0.1) is 12.2 Å². The summed E-state index contributed by atoms with van der Waals surface area (Å²) in [5, 5.41) is 2.59. The molecule has 0 aliphatic rings. The summed E-state index contributed by atoms with van der Waals surface area (Å²) in [6, 6.07) is 11.5. The Balaban J connectivity index is 1.57. The van der Waals surface area contributed by atoms with Crippen LogP contribution in [-0.2, 0) is 11.3 Å². The van der Waals surface area contributed by atoms with Gasteiger partial charge in [-0.1, -0.05) is 6.07 Å². The molecule has 0 aliphatic carbocycles. The van der Waals surface area contributed by atoms with E-state index in [0.29, 0.717) is 17.0 Å². The van der Waals surface area contributed by atoms with Gasteiger partial charge in [0.25, 0.3) is 5.56 Å². The lowest BCUT2D eigenvalue weighted by Gasteiger charge is -2.16. The first-order chi connectivity index (χ1) is 13.7. The molecule has 7 nitrogen and oxygen atoms in total. The maximum Gasteiger partial charge on any atom is 0.573 e. The number of hydrogen-bond acceptors (Lipinski definition) is 5. The van der Waals surface area contributed by atoms with Crippen LogP contribution < -0.4 is 15.6 Å². The second-order valence-electron chi connectivity index (χ2n) is 6.31. The van der Waals surface area contributed by atoms with Crippen LogP contribution in [0.5, 0.6) is 5.75 Å². The maximum absolute atomic E-state index is 12.2. The van der Waals surface area contributed by atoms with Gasteiger partial charge in [0, 0.05) is 24.5 Å². The molecule has 0 fully saturated rings. The predicted molar refractivity (Wildman–Crippen MR) is 99.6 cm³/mol. The first-order valence-electron chi connectivity index (χ1n) is 8.51. The van der Waals surface area contributed by atoms with Crippen LogP contribution in [0.4, 0.5) is 18.9 Å². The number of alkyl halides is 3. The third-order valence-electron chi connectivity index (χ3n) is 3.84. The molecule has 0 saturated carbocycles. The van der Waals surface area contributed by atoms with Crippen LogP contribution in [0.3, 0.4) is 0 Å². The quantitative estimate of drug-likeness (QED) is 0.681. The van der Waals surface area contributed by atoms with E-state index < -0.39 is 6.36 Å². The smallest absolute Gasteiger partial charge is 0.406 e. The molecule has 2 aromatic heterocycles. The van der Waals surface area contributed by atoms with Crippen LogP contribution in [0.2, 0.25) is 0 Å². The second kappa shape index (κ2) is 8.31. The minimum Gasteiger partial charge on any atom is -0.406 e. The number of carbonyl (C=O) groups excluding carboxylic acids is 1. The summed E-state index contributed by atoms with van der Waals surface area (Å²) in [6.45, 7) is 0.267. The summed E-state index contributed by atoms with van der Waals surface area (Å²) in [7, 11) is 1.69. The van der Waals surface area contributed by atoms with E-state index in [4.69, 9.17) is 0 Å². The van der Waals surface area contributed by atoms with E-state index in [0.717, 1.165) is 12.1 Å². The molecule has 0 unspecified atom stereocenters. The van der Waals surface area contributed by atoms with Gasteiger partial charge in [-0.05, 0) is 43.4 Å². The zero-order valence-corrected chi connectivity index (χ0v) is 15.3.